The Morgan fingerprint density at radius 3 is 2.67 bits per heavy atom. The number of ether oxygens (including phenoxy) is 1. The number of carbonyl (C=O) groups excluding carboxylic acids is 2. The van der Waals surface area contributed by atoms with Gasteiger partial charge in [0.05, 0.1) is 0 Å². The Bertz CT molecular complexity index is 545. The van der Waals surface area contributed by atoms with Gasteiger partial charge in [0, 0.05) is 11.6 Å². The van der Waals surface area contributed by atoms with Crippen LogP contribution in [-0.2, 0) is 20.7 Å². The van der Waals surface area contributed by atoms with E-state index in [2.05, 4.69) is 0 Å². The molecular weight excluding hydrogens is 266 g/mol. The largest absolute Gasteiger partial charge is 0.459 e. The van der Waals surface area contributed by atoms with Crippen LogP contribution in [0.1, 0.15) is 39.7 Å². The predicted molar refractivity (Wildman–Crippen MR) is 82.1 cm³/mol. The van der Waals surface area contributed by atoms with Crippen molar-refractivity contribution in [3.05, 3.63) is 29.8 Å². The van der Waals surface area contributed by atoms with Gasteiger partial charge in [-0.15, -0.1) is 0 Å². The van der Waals surface area contributed by atoms with Gasteiger partial charge in [-0.05, 0) is 45.2 Å². The van der Waals surface area contributed by atoms with Crippen LogP contribution in [0.4, 0.5) is 5.69 Å². The number of hydrogen-bond donors (Lipinski definition) is 0. The van der Waals surface area contributed by atoms with Crippen LogP contribution in [0.2, 0.25) is 0 Å². The van der Waals surface area contributed by atoms with E-state index in [0.717, 1.165) is 24.1 Å². The molecule has 0 bridgehead atoms. The van der Waals surface area contributed by atoms with Crippen LogP contribution >= 0.6 is 0 Å². The third-order valence-electron chi connectivity index (χ3n) is 3.52. The van der Waals surface area contributed by atoms with Gasteiger partial charge in [-0.3, -0.25) is 9.59 Å². The van der Waals surface area contributed by atoms with Crippen LogP contribution < -0.4 is 4.90 Å². The summed E-state index contributed by atoms with van der Waals surface area (Å²) in [5.41, 5.74) is 1.40. The molecule has 0 saturated heterocycles. The van der Waals surface area contributed by atoms with E-state index in [1.807, 2.05) is 52.0 Å². The lowest BCUT2D eigenvalue weighted by atomic mass is 10.0. The molecule has 2 rings (SSSR count). The van der Waals surface area contributed by atoms with Crippen molar-refractivity contribution in [2.75, 3.05) is 11.4 Å². The first-order valence-corrected chi connectivity index (χ1v) is 7.39. The molecule has 0 radical (unpaired) electrons. The Balaban J connectivity index is 2.26. The molecule has 1 unspecified atom stereocenters. The standard InChI is InChI=1S/C17H23NO3/c1-12-9-10-13-7-5-6-8-14(13)18(16(12)20)11-15(19)21-17(2,3)4/h5-8,12H,9-11H2,1-4H3. The van der Waals surface area contributed by atoms with Crippen LogP contribution in [0.15, 0.2) is 24.3 Å². The Kier molecular flexibility index (Phi) is 4.35. The van der Waals surface area contributed by atoms with Crippen molar-refractivity contribution in [2.24, 2.45) is 5.92 Å². The Morgan fingerprint density at radius 1 is 1.33 bits per heavy atom. The zero-order valence-corrected chi connectivity index (χ0v) is 13.2. The number of aryl methyl sites for hydroxylation is 1. The van der Waals surface area contributed by atoms with Crippen molar-refractivity contribution in [3.8, 4) is 0 Å². The van der Waals surface area contributed by atoms with Crippen molar-refractivity contribution < 1.29 is 14.3 Å². The average Bonchev–Trinajstić information content (AvgIpc) is 2.49. The highest BCUT2D eigenvalue weighted by atomic mass is 16.6. The Labute approximate surface area is 126 Å². The van der Waals surface area contributed by atoms with Crippen molar-refractivity contribution >= 4 is 17.6 Å². The van der Waals surface area contributed by atoms with Crippen LogP contribution in [0, 0.1) is 5.92 Å². The van der Waals surface area contributed by atoms with Crippen molar-refractivity contribution in [1.82, 2.24) is 0 Å². The van der Waals surface area contributed by atoms with E-state index in [-0.39, 0.29) is 24.3 Å². The Morgan fingerprint density at radius 2 is 2.00 bits per heavy atom. The van der Waals surface area contributed by atoms with E-state index in [0.29, 0.717) is 0 Å². The van der Waals surface area contributed by atoms with Crippen molar-refractivity contribution in [1.29, 1.82) is 0 Å². The van der Waals surface area contributed by atoms with Crippen LogP contribution in [-0.4, -0.2) is 24.0 Å². The van der Waals surface area contributed by atoms with Gasteiger partial charge in [0.25, 0.3) is 0 Å². The molecule has 1 aliphatic rings. The number of para-hydroxylation sites is 1. The number of rotatable bonds is 2. The smallest absolute Gasteiger partial charge is 0.326 e. The second kappa shape index (κ2) is 5.88. The van der Waals surface area contributed by atoms with E-state index < -0.39 is 5.60 Å². The number of anilines is 1. The zero-order valence-electron chi connectivity index (χ0n) is 13.2. The third-order valence-corrected chi connectivity index (χ3v) is 3.52. The maximum Gasteiger partial charge on any atom is 0.326 e. The van der Waals surface area contributed by atoms with E-state index in [1.165, 1.54) is 0 Å². The molecule has 0 aromatic heterocycles. The lowest BCUT2D eigenvalue weighted by Gasteiger charge is -2.26. The first-order chi connectivity index (χ1) is 9.78. The van der Waals surface area contributed by atoms with Crippen molar-refractivity contribution in [2.45, 2.75) is 46.1 Å². The minimum Gasteiger partial charge on any atom is -0.459 e. The van der Waals surface area contributed by atoms with Gasteiger partial charge < -0.3 is 9.64 Å². The lowest BCUT2D eigenvalue weighted by Crippen LogP contribution is -2.40. The highest BCUT2D eigenvalue weighted by Gasteiger charge is 2.30. The third kappa shape index (κ3) is 3.84. The molecule has 1 aliphatic heterocycles. The number of nitrogens with zero attached hydrogens (tertiary/aromatic N) is 1. The predicted octanol–water partition coefficient (Wildman–Crippen LogP) is 2.94. The fraction of sp³-hybridized carbons (Fsp3) is 0.529. The second-order valence-electron chi connectivity index (χ2n) is 6.58. The maximum absolute atomic E-state index is 12.5. The van der Waals surface area contributed by atoms with E-state index in [9.17, 15) is 9.59 Å². The number of carbonyl (C=O) groups is 2. The number of hydrogen-bond acceptors (Lipinski definition) is 3. The summed E-state index contributed by atoms with van der Waals surface area (Å²) in [7, 11) is 0. The molecule has 21 heavy (non-hydrogen) atoms. The molecular formula is C17H23NO3. The van der Waals surface area contributed by atoms with Crippen LogP contribution in [0.5, 0.6) is 0 Å². The summed E-state index contributed by atoms with van der Waals surface area (Å²) < 4.78 is 5.35. The molecule has 0 saturated carbocycles. The van der Waals surface area contributed by atoms with Gasteiger partial charge in [-0.2, -0.15) is 0 Å². The number of esters is 1. The van der Waals surface area contributed by atoms with E-state index in [1.54, 1.807) is 4.90 Å². The normalized spacial score (nSPS) is 19.0. The summed E-state index contributed by atoms with van der Waals surface area (Å²) in [5, 5.41) is 0. The highest BCUT2D eigenvalue weighted by Crippen LogP contribution is 2.29. The summed E-state index contributed by atoms with van der Waals surface area (Å²) in [6.07, 6.45) is 1.66. The fourth-order valence-corrected chi connectivity index (χ4v) is 2.53. The quantitative estimate of drug-likeness (QED) is 0.786. The molecule has 1 aromatic rings. The molecule has 1 heterocycles. The molecule has 4 nitrogen and oxygen atoms in total. The van der Waals surface area contributed by atoms with Crippen molar-refractivity contribution in [3.63, 3.8) is 0 Å². The van der Waals surface area contributed by atoms with E-state index >= 15 is 0 Å². The molecule has 114 valence electrons. The monoisotopic (exact) mass is 289 g/mol. The molecule has 1 amide bonds. The minimum absolute atomic E-state index is 0.00851. The van der Waals surface area contributed by atoms with Gasteiger partial charge in [-0.25, -0.2) is 0 Å². The fourth-order valence-electron chi connectivity index (χ4n) is 2.53. The van der Waals surface area contributed by atoms with Gasteiger partial charge >= 0.3 is 5.97 Å². The zero-order chi connectivity index (χ0) is 15.6. The minimum atomic E-state index is -0.545. The van der Waals surface area contributed by atoms with Crippen LogP contribution in [0.25, 0.3) is 0 Å². The highest BCUT2D eigenvalue weighted by molar-refractivity contribution is 6.00. The molecule has 0 aliphatic carbocycles. The Hall–Kier alpha value is -1.84. The topological polar surface area (TPSA) is 46.6 Å². The number of benzene rings is 1. The molecule has 0 N–H and O–H groups in total. The molecule has 1 atom stereocenters. The lowest BCUT2D eigenvalue weighted by molar-refractivity contribution is -0.153. The van der Waals surface area contributed by atoms with Gasteiger partial charge in [-0.1, -0.05) is 25.1 Å². The summed E-state index contributed by atoms with van der Waals surface area (Å²) in [6, 6.07) is 7.77. The molecule has 0 fully saturated rings. The van der Waals surface area contributed by atoms with E-state index in [4.69, 9.17) is 4.74 Å². The molecule has 1 aromatic carbocycles. The summed E-state index contributed by atoms with van der Waals surface area (Å²) in [4.78, 5) is 26.2. The number of fused-ring (bicyclic) bond motifs is 1. The maximum atomic E-state index is 12.5. The summed E-state index contributed by atoms with van der Waals surface area (Å²) in [6.45, 7) is 7.36. The molecule has 0 spiro atoms. The first kappa shape index (κ1) is 15.5. The second-order valence-corrected chi connectivity index (χ2v) is 6.58. The average molecular weight is 289 g/mol. The van der Waals surface area contributed by atoms with Crippen LogP contribution in [0.3, 0.4) is 0 Å². The van der Waals surface area contributed by atoms with Gasteiger partial charge in [0.15, 0.2) is 0 Å². The summed E-state index contributed by atoms with van der Waals surface area (Å²) >= 11 is 0. The summed E-state index contributed by atoms with van der Waals surface area (Å²) in [5.74, 6) is -0.467. The van der Waals surface area contributed by atoms with Gasteiger partial charge in [0.1, 0.15) is 12.1 Å². The first-order valence-electron chi connectivity index (χ1n) is 7.39. The van der Waals surface area contributed by atoms with Gasteiger partial charge in [0.2, 0.25) is 5.91 Å². The SMILES string of the molecule is CC1CCc2ccccc2N(CC(=O)OC(C)(C)C)C1=O. The number of amides is 1. The molecule has 4 heteroatoms.